The summed E-state index contributed by atoms with van der Waals surface area (Å²) >= 11 is 12.3. The van der Waals surface area contributed by atoms with E-state index in [1.54, 1.807) is 26.0 Å². The molecule has 1 aromatic heterocycles. The molecule has 0 radical (unpaired) electrons. The van der Waals surface area contributed by atoms with Gasteiger partial charge in [0.2, 0.25) is 0 Å². The van der Waals surface area contributed by atoms with Crippen LogP contribution in [0.25, 0.3) is 5.70 Å². The molecule has 0 fully saturated rings. The molecule has 0 saturated heterocycles. The Bertz CT molecular complexity index is 1280. The zero-order valence-electron chi connectivity index (χ0n) is 17.6. The summed E-state index contributed by atoms with van der Waals surface area (Å²) in [5, 5.41) is 8.79. The van der Waals surface area contributed by atoms with E-state index < -0.39 is 29.4 Å². The lowest BCUT2D eigenvalue weighted by atomic mass is 10.1. The van der Waals surface area contributed by atoms with Crippen LogP contribution in [0.5, 0.6) is 0 Å². The Kier molecular flexibility index (Phi) is 6.88. The maximum absolute atomic E-state index is 13.4. The van der Waals surface area contributed by atoms with Gasteiger partial charge >= 0.3 is 6.18 Å². The number of carbonyl (C=O) groups excluding carboxylic acids is 2. The van der Waals surface area contributed by atoms with Gasteiger partial charge in [0.05, 0.1) is 16.3 Å². The van der Waals surface area contributed by atoms with Gasteiger partial charge in [0.1, 0.15) is 11.4 Å². The van der Waals surface area contributed by atoms with E-state index in [0.717, 1.165) is 4.68 Å². The minimum atomic E-state index is -4.82. The monoisotopic (exact) mass is 496 g/mol. The summed E-state index contributed by atoms with van der Waals surface area (Å²) in [6.45, 7) is 3.26. The zero-order chi connectivity index (χ0) is 24.5. The molecule has 0 aliphatic heterocycles. The summed E-state index contributed by atoms with van der Waals surface area (Å²) in [5.41, 5.74) is 2.19. The summed E-state index contributed by atoms with van der Waals surface area (Å²) in [7, 11) is 1.39. The van der Waals surface area contributed by atoms with Crippen molar-refractivity contribution >= 4 is 46.4 Å². The van der Waals surface area contributed by atoms with Crippen molar-refractivity contribution in [1.29, 1.82) is 0 Å². The number of aromatic nitrogens is 2. The van der Waals surface area contributed by atoms with Crippen molar-refractivity contribution in [2.75, 3.05) is 12.4 Å². The third-order valence-electron chi connectivity index (χ3n) is 4.59. The molecule has 1 aromatic carbocycles. The van der Waals surface area contributed by atoms with Crippen LogP contribution in [-0.2, 0) is 6.18 Å². The number of alkyl halides is 3. The second-order valence-corrected chi connectivity index (χ2v) is 7.88. The number of nitrogens with one attached hydrogen (secondary N) is 2. The first-order valence-electron chi connectivity index (χ1n) is 9.45. The molecule has 6 nitrogen and oxygen atoms in total. The van der Waals surface area contributed by atoms with Crippen LogP contribution in [0.4, 0.5) is 18.9 Å². The van der Waals surface area contributed by atoms with Gasteiger partial charge in [0, 0.05) is 18.1 Å². The topological polar surface area (TPSA) is 76.0 Å². The van der Waals surface area contributed by atoms with Crippen molar-refractivity contribution in [3.05, 3.63) is 80.3 Å². The normalized spacial score (nSPS) is 13.6. The molecule has 3 rings (SSSR count). The summed E-state index contributed by atoms with van der Waals surface area (Å²) in [6.07, 6.45) is -0.124. The Balaban J connectivity index is 2.17. The number of anilines is 1. The van der Waals surface area contributed by atoms with Gasteiger partial charge in [-0.2, -0.15) is 18.3 Å². The smallest absolute Gasteiger partial charge is 0.355 e. The second-order valence-electron chi connectivity index (χ2n) is 7.03. The van der Waals surface area contributed by atoms with E-state index in [4.69, 9.17) is 23.2 Å². The molecule has 172 valence electrons. The lowest BCUT2D eigenvalue weighted by molar-refractivity contribution is -0.141. The highest BCUT2D eigenvalue weighted by Gasteiger charge is 2.37. The standard InChI is InChI=1S/C22H17Cl2F3N4O2/c1-11-5-4-6-15(24)16(7-11)31-17(10-18(30-31)22(25,26)27)21(33)29-19-12(2)8-13(23)9-14(19)20(32)28-3/h4-6,8-10H,1-3H3,(H,28,32)(H,29,33). The van der Waals surface area contributed by atoms with Crippen LogP contribution in [0, 0.1) is 6.92 Å². The Morgan fingerprint density at radius 1 is 1.12 bits per heavy atom. The average Bonchev–Trinajstić information content (AvgIpc) is 3.11. The number of rotatable bonds is 4. The molecule has 0 atom stereocenters. The fourth-order valence-corrected chi connectivity index (χ4v) is 3.52. The van der Waals surface area contributed by atoms with Crippen LogP contribution in [0.2, 0.25) is 5.02 Å². The first kappa shape index (κ1) is 24.4. The van der Waals surface area contributed by atoms with E-state index in [1.807, 2.05) is 0 Å². The fourth-order valence-electron chi connectivity index (χ4n) is 3.05. The molecule has 0 bridgehead atoms. The number of aryl methyl sites for hydroxylation is 1. The van der Waals surface area contributed by atoms with Gasteiger partial charge in [0.15, 0.2) is 5.69 Å². The second kappa shape index (κ2) is 9.31. The molecular formula is C22H17Cl2F3N4O2. The first-order chi connectivity index (χ1) is 15.4. The number of hydrogen-bond acceptors (Lipinski definition) is 3. The SMILES string of the molecule is CNC(=O)c1cc(Cl)cc(C)c1NC(=O)c1cc(C(F)(F)F)nn1C1=C=C(C)C=CC=C1Cl. The molecule has 2 aromatic rings. The van der Waals surface area contributed by atoms with Gasteiger partial charge in [-0.1, -0.05) is 41.1 Å². The van der Waals surface area contributed by atoms with Crippen molar-refractivity contribution in [2.45, 2.75) is 20.0 Å². The first-order valence-corrected chi connectivity index (χ1v) is 10.2. The quantitative estimate of drug-likeness (QED) is 0.544. The van der Waals surface area contributed by atoms with Crippen LogP contribution in [-0.4, -0.2) is 28.6 Å². The maximum Gasteiger partial charge on any atom is 0.435 e. The molecule has 1 aliphatic rings. The number of allylic oxidation sites excluding steroid dienone is 5. The molecule has 0 saturated carbocycles. The van der Waals surface area contributed by atoms with Crippen LogP contribution in [0.1, 0.15) is 39.0 Å². The molecule has 0 spiro atoms. The van der Waals surface area contributed by atoms with Crippen molar-refractivity contribution in [1.82, 2.24) is 15.1 Å². The van der Waals surface area contributed by atoms with Crippen LogP contribution in [0.3, 0.4) is 0 Å². The zero-order valence-corrected chi connectivity index (χ0v) is 19.1. The summed E-state index contributed by atoms with van der Waals surface area (Å²) < 4.78 is 41.1. The molecule has 0 unspecified atom stereocenters. The highest BCUT2D eigenvalue weighted by atomic mass is 35.5. The summed E-state index contributed by atoms with van der Waals surface area (Å²) in [5.74, 6) is -1.48. The number of hydrogen-bond donors (Lipinski definition) is 2. The predicted octanol–water partition coefficient (Wildman–Crippen LogP) is 5.55. The van der Waals surface area contributed by atoms with Gasteiger partial charge in [-0.05, 0) is 43.2 Å². The van der Waals surface area contributed by atoms with Crippen molar-refractivity contribution < 1.29 is 22.8 Å². The number of benzene rings is 1. The van der Waals surface area contributed by atoms with Gasteiger partial charge in [-0.25, -0.2) is 4.68 Å². The number of halogens is 5. The summed E-state index contributed by atoms with van der Waals surface area (Å²) in [4.78, 5) is 25.4. The van der Waals surface area contributed by atoms with Crippen LogP contribution >= 0.6 is 23.2 Å². The van der Waals surface area contributed by atoms with E-state index in [9.17, 15) is 22.8 Å². The highest BCUT2D eigenvalue weighted by Crippen LogP contribution is 2.32. The Labute approximate surface area is 197 Å². The van der Waals surface area contributed by atoms with E-state index in [0.29, 0.717) is 17.2 Å². The van der Waals surface area contributed by atoms with E-state index in [2.05, 4.69) is 21.5 Å². The Hall–Kier alpha value is -3.26. The minimum absolute atomic E-state index is 0.0303. The molecule has 11 heteroatoms. The van der Waals surface area contributed by atoms with Crippen molar-refractivity contribution in [2.24, 2.45) is 0 Å². The Morgan fingerprint density at radius 3 is 2.45 bits per heavy atom. The van der Waals surface area contributed by atoms with Crippen molar-refractivity contribution in [3.8, 4) is 0 Å². The lowest BCUT2D eigenvalue weighted by Gasteiger charge is -2.15. The average molecular weight is 497 g/mol. The van der Waals surface area contributed by atoms with Gasteiger partial charge < -0.3 is 10.6 Å². The molecule has 2 N–H and O–H groups in total. The Morgan fingerprint density at radius 2 is 1.82 bits per heavy atom. The molecule has 33 heavy (non-hydrogen) atoms. The number of nitrogens with zero attached hydrogens (tertiary/aromatic N) is 2. The van der Waals surface area contributed by atoms with Crippen LogP contribution in [0.15, 0.2) is 52.8 Å². The highest BCUT2D eigenvalue weighted by molar-refractivity contribution is 6.36. The lowest BCUT2D eigenvalue weighted by Crippen LogP contribution is -2.23. The molecule has 1 aliphatic carbocycles. The third kappa shape index (κ3) is 5.22. The maximum atomic E-state index is 13.4. The van der Waals surface area contributed by atoms with Gasteiger partial charge in [0.25, 0.3) is 11.8 Å². The number of carbonyl (C=O) groups is 2. The largest absolute Gasteiger partial charge is 0.435 e. The van der Waals surface area contributed by atoms with Gasteiger partial charge in [-0.3, -0.25) is 9.59 Å². The fraction of sp³-hybridized carbons (Fsp3) is 0.182. The predicted molar refractivity (Wildman–Crippen MR) is 120 cm³/mol. The van der Waals surface area contributed by atoms with E-state index >= 15 is 0 Å². The van der Waals surface area contributed by atoms with Gasteiger partial charge in [-0.15, -0.1) is 0 Å². The van der Waals surface area contributed by atoms with E-state index in [-0.39, 0.29) is 27.0 Å². The molecular weight excluding hydrogens is 480 g/mol. The molecule has 1 heterocycles. The third-order valence-corrected chi connectivity index (χ3v) is 5.11. The number of amides is 2. The summed E-state index contributed by atoms with van der Waals surface area (Å²) in [6, 6.07) is 3.45. The van der Waals surface area contributed by atoms with E-state index in [1.165, 1.54) is 25.3 Å². The van der Waals surface area contributed by atoms with Crippen LogP contribution < -0.4 is 10.6 Å². The minimum Gasteiger partial charge on any atom is -0.355 e. The van der Waals surface area contributed by atoms with Crippen molar-refractivity contribution in [3.63, 3.8) is 0 Å². The molecule has 2 amide bonds.